The molecule has 0 atom stereocenters. The number of hydrogen-bond acceptors (Lipinski definition) is 2. The van der Waals surface area contributed by atoms with Crippen molar-refractivity contribution in [1.82, 2.24) is 4.98 Å². The molecule has 0 bridgehead atoms. The quantitative estimate of drug-likeness (QED) is 0.856. The van der Waals surface area contributed by atoms with Crippen molar-refractivity contribution in [2.75, 3.05) is 5.32 Å². The summed E-state index contributed by atoms with van der Waals surface area (Å²) in [7, 11) is 0. The van der Waals surface area contributed by atoms with Crippen molar-refractivity contribution in [3.05, 3.63) is 58.0 Å². The molecule has 7 heteroatoms. The first kappa shape index (κ1) is 13.5. The SMILES string of the molecule is O=C(Nc1ncccc1Br)c1cc(F)c(F)c(F)c1. The second-order valence-corrected chi connectivity index (χ2v) is 4.40. The Morgan fingerprint density at radius 1 is 1.21 bits per heavy atom. The molecule has 1 N–H and O–H groups in total. The van der Waals surface area contributed by atoms with E-state index in [1.807, 2.05) is 0 Å². The minimum absolute atomic E-state index is 0.192. The number of nitrogens with zero attached hydrogens (tertiary/aromatic N) is 1. The lowest BCUT2D eigenvalue weighted by Crippen LogP contribution is -2.14. The van der Waals surface area contributed by atoms with Crippen LogP contribution in [0.4, 0.5) is 19.0 Å². The summed E-state index contributed by atoms with van der Waals surface area (Å²) in [5, 5.41) is 2.35. The standard InChI is InChI=1S/C12H6BrF3N2O/c13-7-2-1-3-17-11(7)18-12(19)6-4-8(14)10(16)9(15)5-6/h1-5H,(H,17,18,19). The zero-order chi connectivity index (χ0) is 14.0. The molecule has 1 amide bonds. The van der Waals surface area contributed by atoms with Crippen molar-refractivity contribution in [3.63, 3.8) is 0 Å². The Bertz CT molecular complexity index is 626. The Balaban J connectivity index is 2.28. The zero-order valence-corrected chi connectivity index (χ0v) is 10.8. The largest absolute Gasteiger partial charge is 0.306 e. The fourth-order valence-corrected chi connectivity index (χ4v) is 1.70. The molecule has 0 saturated carbocycles. The fourth-order valence-electron chi connectivity index (χ4n) is 1.34. The Morgan fingerprint density at radius 2 is 1.84 bits per heavy atom. The molecule has 3 nitrogen and oxygen atoms in total. The second-order valence-electron chi connectivity index (χ2n) is 3.54. The lowest BCUT2D eigenvalue weighted by atomic mass is 10.2. The molecule has 0 aliphatic heterocycles. The zero-order valence-electron chi connectivity index (χ0n) is 9.25. The molecule has 0 radical (unpaired) electrons. The highest BCUT2D eigenvalue weighted by Crippen LogP contribution is 2.20. The topological polar surface area (TPSA) is 42.0 Å². The van der Waals surface area contributed by atoms with Crippen LogP contribution in [0.2, 0.25) is 0 Å². The highest BCUT2D eigenvalue weighted by atomic mass is 79.9. The first-order valence-electron chi connectivity index (χ1n) is 5.05. The van der Waals surface area contributed by atoms with E-state index in [0.717, 1.165) is 0 Å². The Hall–Kier alpha value is -1.89. The number of nitrogens with one attached hydrogen (secondary N) is 1. The molecule has 0 fully saturated rings. The van der Waals surface area contributed by atoms with Gasteiger partial charge in [0.05, 0.1) is 4.47 Å². The predicted octanol–water partition coefficient (Wildman–Crippen LogP) is 3.51. The van der Waals surface area contributed by atoms with Gasteiger partial charge in [-0.05, 0) is 40.2 Å². The van der Waals surface area contributed by atoms with Gasteiger partial charge in [0.2, 0.25) is 0 Å². The van der Waals surface area contributed by atoms with Crippen LogP contribution in [0, 0.1) is 17.5 Å². The average Bonchev–Trinajstić information content (AvgIpc) is 2.38. The number of rotatable bonds is 2. The second kappa shape index (κ2) is 5.40. The van der Waals surface area contributed by atoms with Gasteiger partial charge in [-0.2, -0.15) is 0 Å². The molecule has 1 aromatic heterocycles. The van der Waals surface area contributed by atoms with Crippen molar-refractivity contribution in [1.29, 1.82) is 0 Å². The minimum atomic E-state index is -1.62. The average molecular weight is 331 g/mol. The third-order valence-electron chi connectivity index (χ3n) is 2.24. The highest BCUT2D eigenvalue weighted by molar-refractivity contribution is 9.10. The normalized spacial score (nSPS) is 10.3. The number of amides is 1. The maximum atomic E-state index is 13.0. The summed E-state index contributed by atoms with van der Waals surface area (Å²) in [4.78, 5) is 15.6. The Kier molecular flexibility index (Phi) is 3.84. The van der Waals surface area contributed by atoms with E-state index in [1.165, 1.54) is 6.20 Å². The molecular formula is C12H6BrF3N2O. The van der Waals surface area contributed by atoms with Crippen LogP contribution in [0.5, 0.6) is 0 Å². The van der Waals surface area contributed by atoms with Gasteiger partial charge in [-0.15, -0.1) is 0 Å². The molecule has 2 rings (SSSR count). The Labute approximate surface area is 114 Å². The van der Waals surface area contributed by atoms with E-state index < -0.39 is 23.4 Å². The van der Waals surface area contributed by atoms with Gasteiger partial charge < -0.3 is 5.32 Å². The predicted molar refractivity (Wildman–Crippen MR) is 66.2 cm³/mol. The van der Waals surface area contributed by atoms with Crippen LogP contribution in [0.25, 0.3) is 0 Å². The molecule has 2 aromatic rings. The van der Waals surface area contributed by atoms with E-state index in [2.05, 4.69) is 26.2 Å². The third-order valence-corrected chi connectivity index (χ3v) is 2.88. The van der Waals surface area contributed by atoms with Crippen LogP contribution in [0.3, 0.4) is 0 Å². The molecule has 1 heterocycles. The summed E-state index contributed by atoms with van der Waals surface area (Å²) in [5.74, 6) is -5.07. The van der Waals surface area contributed by atoms with Crippen LogP contribution >= 0.6 is 15.9 Å². The number of halogens is 4. The van der Waals surface area contributed by atoms with Gasteiger partial charge in [0.15, 0.2) is 17.5 Å². The van der Waals surface area contributed by atoms with Gasteiger partial charge in [0.1, 0.15) is 5.82 Å². The number of carbonyl (C=O) groups excluding carboxylic acids is 1. The highest BCUT2D eigenvalue weighted by Gasteiger charge is 2.16. The van der Waals surface area contributed by atoms with Crippen molar-refractivity contribution in [2.24, 2.45) is 0 Å². The van der Waals surface area contributed by atoms with Crippen molar-refractivity contribution in [2.45, 2.75) is 0 Å². The van der Waals surface area contributed by atoms with E-state index in [9.17, 15) is 18.0 Å². The van der Waals surface area contributed by atoms with Crippen molar-refractivity contribution in [3.8, 4) is 0 Å². The summed E-state index contributed by atoms with van der Waals surface area (Å²) >= 11 is 3.15. The van der Waals surface area contributed by atoms with Crippen LogP contribution in [0.15, 0.2) is 34.9 Å². The number of hydrogen-bond donors (Lipinski definition) is 1. The molecule has 0 unspecified atom stereocenters. The lowest BCUT2D eigenvalue weighted by molar-refractivity contribution is 0.102. The van der Waals surface area contributed by atoms with Gasteiger partial charge in [-0.1, -0.05) is 0 Å². The lowest BCUT2D eigenvalue weighted by Gasteiger charge is -2.06. The smallest absolute Gasteiger partial charge is 0.257 e. The van der Waals surface area contributed by atoms with Crippen molar-refractivity contribution >= 4 is 27.7 Å². The van der Waals surface area contributed by atoms with E-state index in [1.54, 1.807) is 12.1 Å². The molecule has 0 aliphatic carbocycles. The summed E-state index contributed by atoms with van der Waals surface area (Å²) in [6, 6.07) is 4.50. The van der Waals surface area contributed by atoms with Gasteiger partial charge >= 0.3 is 0 Å². The first-order chi connectivity index (χ1) is 8.99. The fraction of sp³-hybridized carbons (Fsp3) is 0. The molecule has 0 spiro atoms. The first-order valence-corrected chi connectivity index (χ1v) is 5.84. The number of anilines is 1. The molecule has 0 saturated heterocycles. The number of aromatic nitrogens is 1. The van der Waals surface area contributed by atoms with E-state index in [4.69, 9.17) is 0 Å². The summed E-state index contributed by atoms with van der Waals surface area (Å²) in [6.07, 6.45) is 1.44. The van der Waals surface area contributed by atoms with Crippen LogP contribution in [-0.4, -0.2) is 10.9 Å². The summed E-state index contributed by atoms with van der Waals surface area (Å²) in [6.45, 7) is 0. The Morgan fingerprint density at radius 3 is 2.42 bits per heavy atom. The third kappa shape index (κ3) is 2.93. The number of carbonyl (C=O) groups is 1. The molecule has 1 aromatic carbocycles. The van der Waals surface area contributed by atoms with Crippen LogP contribution in [0.1, 0.15) is 10.4 Å². The van der Waals surface area contributed by atoms with Gasteiger partial charge in [-0.3, -0.25) is 4.79 Å². The maximum absolute atomic E-state index is 13.0. The summed E-state index contributed by atoms with van der Waals surface area (Å²) in [5.41, 5.74) is -0.339. The number of benzene rings is 1. The maximum Gasteiger partial charge on any atom is 0.257 e. The van der Waals surface area contributed by atoms with E-state index in [-0.39, 0.29) is 11.4 Å². The monoisotopic (exact) mass is 330 g/mol. The number of pyridine rings is 1. The summed E-state index contributed by atoms with van der Waals surface area (Å²) < 4.78 is 39.3. The van der Waals surface area contributed by atoms with E-state index in [0.29, 0.717) is 16.6 Å². The molecule has 0 aliphatic rings. The van der Waals surface area contributed by atoms with Crippen LogP contribution < -0.4 is 5.32 Å². The van der Waals surface area contributed by atoms with Gasteiger partial charge in [-0.25, -0.2) is 18.2 Å². The minimum Gasteiger partial charge on any atom is -0.306 e. The van der Waals surface area contributed by atoms with Crippen LogP contribution in [-0.2, 0) is 0 Å². The van der Waals surface area contributed by atoms with Crippen molar-refractivity contribution < 1.29 is 18.0 Å². The molecule has 98 valence electrons. The van der Waals surface area contributed by atoms with Gasteiger partial charge in [0.25, 0.3) is 5.91 Å². The molecule has 19 heavy (non-hydrogen) atoms. The molecular weight excluding hydrogens is 325 g/mol. The van der Waals surface area contributed by atoms with E-state index >= 15 is 0 Å². The van der Waals surface area contributed by atoms with Gasteiger partial charge in [0, 0.05) is 11.8 Å².